The number of halogens is 3. The van der Waals surface area contributed by atoms with E-state index in [9.17, 15) is 23.1 Å². The van der Waals surface area contributed by atoms with E-state index in [1.165, 1.54) is 4.90 Å². The number of urea groups is 1. The number of nitrogens with zero attached hydrogens (tertiary/aromatic N) is 2. The lowest BCUT2D eigenvalue weighted by atomic mass is 9.91. The molecule has 2 rings (SSSR count). The number of piperidine rings is 1. The fourth-order valence-electron chi connectivity index (χ4n) is 2.32. The molecule has 0 radical (unpaired) electrons. The summed E-state index contributed by atoms with van der Waals surface area (Å²) in [6, 6.07) is 1.43. The van der Waals surface area contributed by atoms with Crippen LogP contribution in [0.2, 0.25) is 0 Å². The maximum absolute atomic E-state index is 12.7. The molecule has 0 spiro atoms. The molecule has 1 aliphatic heterocycles. The molecular weight excluding hydrogens is 287 g/mol. The van der Waals surface area contributed by atoms with E-state index in [2.05, 4.69) is 5.32 Å². The predicted molar refractivity (Wildman–Crippen MR) is 69.5 cm³/mol. The molecule has 0 atom stereocenters. The second-order valence-corrected chi connectivity index (χ2v) is 5.36. The number of aromatic nitrogens is 1. The van der Waals surface area contributed by atoms with Crippen molar-refractivity contribution in [2.75, 3.05) is 13.1 Å². The number of nitrogens with one attached hydrogen (secondary N) is 1. The normalized spacial score (nSPS) is 18.6. The van der Waals surface area contributed by atoms with E-state index in [0.29, 0.717) is 6.54 Å². The summed E-state index contributed by atoms with van der Waals surface area (Å²) >= 11 is 0. The molecule has 0 aliphatic carbocycles. The van der Waals surface area contributed by atoms with Gasteiger partial charge in [-0.2, -0.15) is 13.2 Å². The van der Waals surface area contributed by atoms with Crippen molar-refractivity contribution in [1.82, 2.24) is 14.8 Å². The summed E-state index contributed by atoms with van der Waals surface area (Å²) in [5, 5.41) is 12.2. The quantitative estimate of drug-likeness (QED) is 0.872. The van der Waals surface area contributed by atoms with Crippen LogP contribution in [-0.2, 0) is 13.6 Å². The first kappa shape index (κ1) is 15.7. The molecule has 1 aliphatic rings. The van der Waals surface area contributed by atoms with Gasteiger partial charge in [0, 0.05) is 51.9 Å². The number of carbonyl (C=O) groups excluding carboxylic acids is 1. The lowest BCUT2D eigenvalue weighted by Gasteiger charge is -2.38. The van der Waals surface area contributed by atoms with Crippen molar-refractivity contribution in [3.63, 3.8) is 0 Å². The summed E-state index contributed by atoms with van der Waals surface area (Å²) in [7, 11) is 1.86. The maximum Gasteiger partial charge on any atom is 0.417 e. The van der Waals surface area contributed by atoms with Crippen LogP contribution in [0.3, 0.4) is 0 Å². The van der Waals surface area contributed by atoms with Crippen molar-refractivity contribution in [3.05, 3.63) is 24.0 Å². The Morgan fingerprint density at radius 3 is 2.52 bits per heavy atom. The van der Waals surface area contributed by atoms with E-state index in [0.717, 1.165) is 5.56 Å². The Hall–Kier alpha value is -1.70. The van der Waals surface area contributed by atoms with Crippen LogP contribution in [0.1, 0.15) is 18.4 Å². The molecular formula is C13H18F3N3O2. The van der Waals surface area contributed by atoms with Crippen LogP contribution in [0.4, 0.5) is 18.0 Å². The molecule has 21 heavy (non-hydrogen) atoms. The number of carbonyl (C=O) groups is 1. The Balaban J connectivity index is 1.83. The molecule has 0 aromatic carbocycles. The van der Waals surface area contributed by atoms with Crippen LogP contribution in [0.5, 0.6) is 0 Å². The summed E-state index contributed by atoms with van der Waals surface area (Å²) < 4.78 is 39.8. The maximum atomic E-state index is 12.7. The highest BCUT2D eigenvalue weighted by Crippen LogP contribution is 2.38. The number of likely N-dealkylation sites (tertiary alicyclic amines) is 1. The molecule has 1 fully saturated rings. The minimum absolute atomic E-state index is 0.114. The second-order valence-electron chi connectivity index (χ2n) is 5.36. The monoisotopic (exact) mass is 305 g/mol. The lowest BCUT2D eigenvalue weighted by molar-refractivity contribution is -0.271. The van der Waals surface area contributed by atoms with Crippen molar-refractivity contribution in [2.24, 2.45) is 7.05 Å². The summed E-state index contributed by atoms with van der Waals surface area (Å²) in [4.78, 5) is 13.2. The summed E-state index contributed by atoms with van der Waals surface area (Å²) in [5.41, 5.74) is -1.77. The van der Waals surface area contributed by atoms with Crippen LogP contribution in [0, 0.1) is 0 Å². The fraction of sp³-hybridized carbons (Fsp3) is 0.615. The molecule has 118 valence electrons. The number of hydrogen-bond acceptors (Lipinski definition) is 2. The lowest BCUT2D eigenvalue weighted by Crippen LogP contribution is -2.55. The number of alkyl halides is 3. The van der Waals surface area contributed by atoms with Crippen LogP contribution in [0.15, 0.2) is 18.5 Å². The third-order valence-corrected chi connectivity index (χ3v) is 3.74. The first-order valence-electron chi connectivity index (χ1n) is 6.64. The van der Waals surface area contributed by atoms with Gasteiger partial charge in [-0.3, -0.25) is 0 Å². The van der Waals surface area contributed by atoms with Crippen molar-refractivity contribution >= 4 is 6.03 Å². The zero-order valence-corrected chi connectivity index (χ0v) is 11.7. The molecule has 1 aromatic heterocycles. The Morgan fingerprint density at radius 2 is 2.05 bits per heavy atom. The molecule has 1 saturated heterocycles. The number of hydrogen-bond donors (Lipinski definition) is 2. The molecule has 0 bridgehead atoms. The first-order valence-corrected chi connectivity index (χ1v) is 6.64. The minimum Gasteiger partial charge on any atom is -0.380 e. The molecule has 0 unspecified atom stereocenters. The summed E-state index contributed by atoms with van der Waals surface area (Å²) in [6.45, 7) is 0.0903. The van der Waals surface area contributed by atoms with Crippen LogP contribution >= 0.6 is 0 Å². The van der Waals surface area contributed by atoms with Crippen LogP contribution in [-0.4, -0.2) is 45.5 Å². The predicted octanol–water partition coefficient (Wildman–Crippen LogP) is 1.62. The van der Waals surface area contributed by atoms with Gasteiger partial charge >= 0.3 is 12.2 Å². The van der Waals surface area contributed by atoms with E-state index in [-0.39, 0.29) is 13.1 Å². The van der Waals surface area contributed by atoms with E-state index in [1.54, 1.807) is 0 Å². The van der Waals surface area contributed by atoms with E-state index in [4.69, 9.17) is 0 Å². The smallest absolute Gasteiger partial charge is 0.380 e. The fourth-order valence-corrected chi connectivity index (χ4v) is 2.32. The van der Waals surface area contributed by atoms with Crippen LogP contribution < -0.4 is 5.32 Å². The third kappa shape index (κ3) is 3.49. The molecule has 5 nitrogen and oxygen atoms in total. The number of aliphatic hydroxyl groups is 1. The minimum atomic E-state index is -4.65. The second kappa shape index (κ2) is 5.59. The first-order chi connectivity index (χ1) is 9.71. The molecule has 0 saturated carbocycles. The van der Waals surface area contributed by atoms with Gasteiger partial charge in [0.25, 0.3) is 0 Å². The molecule has 1 aromatic rings. The zero-order chi connectivity index (χ0) is 15.7. The van der Waals surface area contributed by atoms with Gasteiger partial charge in [0.1, 0.15) is 0 Å². The van der Waals surface area contributed by atoms with Crippen molar-refractivity contribution < 1.29 is 23.1 Å². The number of rotatable bonds is 2. The number of aryl methyl sites for hydroxylation is 1. The zero-order valence-electron chi connectivity index (χ0n) is 11.7. The van der Waals surface area contributed by atoms with Crippen molar-refractivity contribution in [3.8, 4) is 0 Å². The van der Waals surface area contributed by atoms with E-state index >= 15 is 0 Å². The van der Waals surface area contributed by atoms with Gasteiger partial charge in [-0.1, -0.05) is 0 Å². The van der Waals surface area contributed by atoms with Crippen molar-refractivity contribution in [1.29, 1.82) is 0 Å². The standard InChI is InChI=1S/C13H18F3N3O2/c1-18-5-2-10(9-18)8-17-11(20)19-6-3-12(21,4-7-19)13(14,15)16/h2,5,9,21H,3-4,6-8H2,1H3,(H,17,20). The van der Waals surface area contributed by atoms with Gasteiger partial charge in [-0.15, -0.1) is 0 Å². The highest BCUT2D eigenvalue weighted by Gasteiger charge is 2.54. The van der Waals surface area contributed by atoms with Gasteiger partial charge < -0.3 is 19.9 Å². The highest BCUT2D eigenvalue weighted by atomic mass is 19.4. The third-order valence-electron chi connectivity index (χ3n) is 3.74. The van der Waals surface area contributed by atoms with Gasteiger partial charge in [0.15, 0.2) is 5.60 Å². The van der Waals surface area contributed by atoms with Gasteiger partial charge in [0.2, 0.25) is 0 Å². The topological polar surface area (TPSA) is 57.5 Å². The largest absolute Gasteiger partial charge is 0.417 e. The summed E-state index contributed by atoms with van der Waals surface area (Å²) in [6.07, 6.45) is -1.95. The SMILES string of the molecule is Cn1ccc(CNC(=O)N2CCC(O)(C(F)(F)F)CC2)c1. The van der Waals surface area contributed by atoms with E-state index < -0.39 is 30.7 Å². The van der Waals surface area contributed by atoms with Gasteiger partial charge in [0.05, 0.1) is 0 Å². The van der Waals surface area contributed by atoms with Crippen LogP contribution in [0.25, 0.3) is 0 Å². The average Bonchev–Trinajstić information content (AvgIpc) is 2.81. The van der Waals surface area contributed by atoms with E-state index in [1.807, 2.05) is 30.1 Å². The highest BCUT2D eigenvalue weighted by molar-refractivity contribution is 5.74. The Morgan fingerprint density at radius 1 is 1.43 bits per heavy atom. The molecule has 8 heteroatoms. The van der Waals surface area contributed by atoms with Crippen molar-refractivity contribution in [2.45, 2.75) is 31.2 Å². The Labute approximate surface area is 120 Å². The molecule has 2 amide bonds. The average molecular weight is 305 g/mol. The Bertz CT molecular complexity index is 505. The van der Waals surface area contributed by atoms with Gasteiger partial charge in [-0.25, -0.2) is 4.79 Å². The van der Waals surface area contributed by atoms with Gasteiger partial charge in [-0.05, 0) is 11.6 Å². The summed E-state index contributed by atoms with van der Waals surface area (Å²) in [5.74, 6) is 0. The molecule has 2 heterocycles. The number of amides is 2. The molecule has 2 N–H and O–H groups in total. The Kier molecular flexibility index (Phi) is 4.18.